The number of aromatic amines is 1. The highest BCUT2D eigenvalue weighted by Crippen LogP contribution is 2.30. The number of rotatable bonds is 5. The quantitative estimate of drug-likeness (QED) is 0.676. The van der Waals surface area contributed by atoms with Gasteiger partial charge >= 0.3 is 0 Å². The lowest BCUT2D eigenvalue weighted by molar-refractivity contribution is 0.344. The van der Waals surface area contributed by atoms with E-state index in [1.54, 1.807) is 11.8 Å². The summed E-state index contributed by atoms with van der Waals surface area (Å²) in [7, 11) is 0. The second-order valence-corrected chi connectivity index (χ2v) is 6.55. The SMILES string of the molecule is N#Cc1c2c(c(SCCOc3ccccc3)[nH]c1=O)CCCC2. The van der Waals surface area contributed by atoms with E-state index >= 15 is 0 Å². The Morgan fingerprint density at radius 2 is 1.91 bits per heavy atom. The first kappa shape index (κ1) is 15.7. The maximum absolute atomic E-state index is 12.1. The molecule has 0 radical (unpaired) electrons. The molecule has 1 aliphatic carbocycles. The minimum absolute atomic E-state index is 0.264. The van der Waals surface area contributed by atoms with Crippen LogP contribution in [0.4, 0.5) is 0 Å². The smallest absolute Gasteiger partial charge is 0.267 e. The molecule has 5 heteroatoms. The van der Waals surface area contributed by atoms with E-state index in [9.17, 15) is 10.1 Å². The molecular weight excluding hydrogens is 308 g/mol. The number of aromatic nitrogens is 1. The minimum atomic E-state index is -0.264. The first-order chi connectivity index (χ1) is 11.3. The maximum atomic E-state index is 12.1. The van der Waals surface area contributed by atoms with Crippen LogP contribution in [0.1, 0.15) is 29.5 Å². The Balaban J connectivity index is 1.70. The van der Waals surface area contributed by atoms with Crippen molar-refractivity contribution in [2.24, 2.45) is 0 Å². The van der Waals surface area contributed by atoms with Gasteiger partial charge in [0, 0.05) is 5.75 Å². The third-order valence-corrected chi connectivity index (χ3v) is 4.96. The predicted octanol–water partition coefficient (Wildman–Crippen LogP) is 3.30. The molecule has 0 aliphatic heterocycles. The number of nitrogens with one attached hydrogen (secondary N) is 1. The van der Waals surface area contributed by atoms with Crippen LogP contribution >= 0.6 is 11.8 Å². The molecule has 0 spiro atoms. The number of nitriles is 1. The van der Waals surface area contributed by atoms with Gasteiger partial charge in [0.05, 0.1) is 11.6 Å². The number of hydrogen-bond donors (Lipinski definition) is 1. The van der Waals surface area contributed by atoms with Crippen LogP contribution in [-0.4, -0.2) is 17.3 Å². The number of thioether (sulfide) groups is 1. The van der Waals surface area contributed by atoms with E-state index < -0.39 is 0 Å². The molecule has 1 N–H and O–H groups in total. The van der Waals surface area contributed by atoms with Crippen molar-refractivity contribution in [2.75, 3.05) is 12.4 Å². The van der Waals surface area contributed by atoms with Crippen LogP contribution in [0, 0.1) is 11.3 Å². The van der Waals surface area contributed by atoms with E-state index in [1.807, 2.05) is 30.3 Å². The number of hydrogen-bond acceptors (Lipinski definition) is 4. The zero-order valence-corrected chi connectivity index (χ0v) is 13.6. The van der Waals surface area contributed by atoms with E-state index in [1.165, 1.54) is 0 Å². The lowest BCUT2D eigenvalue weighted by Crippen LogP contribution is -2.20. The summed E-state index contributed by atoms with van der Waals surface area (Å²) in [4.78, 5) is 15.0. The predicted molar refractivity (Wildman–Crippen MR) is 91.1 cm³/mol. The van der Waals surface area contributed by atoms with Crippen molar-refractivity contribution in [3.05, 3.63) is 57.4 Å². The maximum Gasteiger partial charge on any atom is 0.267 e. The fraction of sp³-hybridized carbons (Fsp3) is 0.333. The summed E-state index contributed by atoms with van der Waals surface area (Å²) in [5.74, 6) is 1.60. The molecule has 0 fully saturated rings. The normalized spacial score (nSPS) is 13.2. The van der Waals surface area contributed by atoms with Gasteiger partial charge < -0.3 is 9.72 Å². The van der Waals surface area contributed by atoms with Gasteiger partial charge in [0.2, 0.25) is 0 Å². The Morgan fingerprint density at radius 1 is 1.17 bits per heavy atom. The molecule has 1 heterocycles. The van der Waals surface area contributed by atoms with Crippen LogP contribution < -0.4 is 10.3 Å². The van der Waals surface area contributed by atoms with Gasteiger partial charge in [0.15, 0.2) is 0 Å². The fourth-order valence-corrected chi connectivity index (χ4v) is 3.81. The summed E-state index contributed by atoms with van der Waals surface area (Å²) in [6.45, 7) is 0.575. The summed E-state index contributed by atoms with van der Waals surface area (Å²) in [6.07, 6.45) is 3.92. The van der Waals surface area contributed by atoms with Gasteiger partial charge in [0.1, 0.15) is 17.4 Å². The minimum Gasteiger partial charge on any atom is -0.493 e. The van der Waals surface area contributed by atoms with Crippen molar-refractivity contribution >= 4 is 11.8 Å². The first-order valence-electron chi connectivity index (χ1n) is 7.78. The highest BCUT2D eigenvalue weighted by Gasteiger charge is 2.20. The molecule has 4 nitrogen and oxygen atoms in total. The topological polar surface area (TPSA) is 65.9 Å². The van der Waals surface area contributed by atoms with Gasteiger partial charge in [-0.2, -0.15) is 5.26 Å². The van der Waals surface area contributed by atoms with Gasteiger partial charge in [0.25, 0.3) is 5.56 Å². The van der Waals surface area contributed by atoms with E-state index in [4.69, 9.17) is 4.74 Å². The van der Waals surface area contributed by atoms with Crippen molar-refractivity contribution < 1.29 is 4.74 Å². The molecule has 2 aromatic rings. The molecule has 0 atom stereocenters. The van der Waals surface area contributed by atoms with Crippen LogP contribution in [-0.2, 0) is 12.8 Å². The van der Waals surface area contributed by atoms with Crippen LogP contribution in [0.3, 0.4) is 0 Å². The van der Waals surface area contributed by atoms with Gasteiger partial charge in [-0.3, -0.25) is 4.79 Å². The zero-order chi connectivity index (χ0) is 16.1. The number of ether oxygens (including phenoxy) is 1. The van der Waals surface area contributed by atoms with E-state index in [0.717, 1.165) is 53.3 Å². The largest absolute Gasteiger partial charge is 0.493 e. The van der Waals surface area contributed by atoms with Crippen molar-refractivity contribution in [3.63, 3.8) is 0 Å². The molecule has 1 aromatic carbocycles. The van der Waals surface area contributed by atoms with Crippen molar-refractivity contribution in [1.29, 1.82) is 5.26 Å². The lowest BCUT2D eigenvalue weighted by Gasteiger charge is -2.19. The molecule has 0 saturated carbocycles. The third-order valence-electron chi connectivity index (χ3n) is 3.95. The molecule has 0 unspecified atom stereocenters. The molecule has 0 bridgehead atoms. The molecule has 3 rings (SSSR count). The Bertz CT molecular complexity index is 778. The van der Waals surface area contributed by atoms with E-state index in [-0.39, 0.29) is 5.56 Å². The number of benzene rings is 1. The Labute approximate surface area is 139 Å². The third kappa shape index (κ3) is 3.59. The Morgan fingerprint density at radius 3 is 2.65 bits per heavy atom. The number of H-pyrrole nitrogens is 1. The summed E-state index contributed by atoms with van der Waals surface area (Å²) >= 11 is 1.60. The zero-order valence-electron chi connectivity index (χ0n) is 12.8. The Hall–Kier alpha value is -2.19. The summed E-state index contributed by atoms with van der Waals surface area (Å²) in [5.41, 5.74) is 2.13. The monoisotopic (exact) mass is 326 g/mol. The standard InChI is InChI=1S/C18H18N2O2S/c19-12-16-14-8-4-5-9-15(14)18(20-17(16)21)23-11-10-22-13-6-2-1-3-7-13/h1-3,6-7H,4-5,8-11H2,(H,20,21). The highest BCUT2D eigenvalue weighted by atomic mass is 32.2. The number of para-hydroxylation sites is 1. The van der Waals surface area contributed by atoms with Crippen LogP contribution in [0.2, 0.25) is 0 Å². The van der Waals surface area contributed by atoms with Crippen LogP contribution in [0.25, 0.3) is 0 Å². The van der Waals surface area contributed by atoms with Crippen LogP contribution in [0.5, 0.6) is 5.75 Å². The second-order valence-electron chi connectivity index (χ2n) is 5.44. The highest BCUT2D eigenvalue weighted by molar-refractivity contribution is 7.99. The first-order valence-corrected chi connectivity index (χ1v) is 8.77. The van der Waals surface area contributed by atoms with E-state index in [0.29, 0.717) is 12.2 Å². The van der Waals surface area contributed by atoms with E-state index in [2.05, 4.69) is 11.1 Å². The van der Waals surface area contributed by atoms with Crippen molar-refractivity contribution in [1.82, 2.24) is 4.98 Å². The average molecular weight is 326 g/mol. The van der Waals surface area contributed by atoms with Crippen LogP contribution in [0.15, 0.2) is 40.2 Å². The Kier molecular flexibility index (Phi) is 5.04. The molecule has 23 heavy (non-hydrogen) atoms. The second kappa shape index (κ2) is 7.38. The van der Waals surface area contributed by atoms with Crippen molar-refractivity contribution in [2.45, 2.75) is 30.7 Å². The number of nitrogens with zero attached hydrogens (tertiary/aromatic N) is 1. The van der Waals surface area contributed by atoms with Gasteiger partial charge in [-0.1, -0.05) is 18.2 Å². The van der Waals surface area contributed by atoms with Crippen molar-refractivity contribution in [3.8, 4) is 11.8 Å². The number of fused-ring (bicyclic) bond motifs is 1. The van der Waals surface area contributed by atoms with Gasteiger partial charge in [-0.05, 0) is 48.9 Å². The molecule has 118 valence electrons. The molecule has 0 saturated heterocycles. The molecule has 1 aliphatic rings. The van der Waals surface area contributed by atoms with Gasteiger partial charge in [-0.15, -0.1) is 11.8 Å². The molecular formula is C18H18N2O2S. The summed E-state index contributed by atoms with van der Waals surface area (Å²) in [6, 6.07) is 11.8. The number of pyridine rings is 1. The summed E-state index contributed by atoms with van der Waals surface area (Å²) in [5, 5.41) is 10.1. The van der Waals surface area contributed by atoms with Gasteiger partial charge in [-0.25, -0.2) is 0 Å². The molecule has 0 amide bonds. The average Bonchev–Trinajstić information content (AvgIpc) is 2.59. The fourth-order valence-electron chi connectivity index (χ4n) is 2.87. The summed E-state index contributed by atoms with van der Waals surface area (Å²) < 4.78 is 5.68. The lowest BCUT2D eigenvalue weighted by atomic mass is 9.90. The molecule has 1 aromatic heterocycles.